The lowest BCUT2D eigenvalue weighted by molar-refractivity contribution is -0.359. The molecule has 17 nitrogen and oxygen atoms in total. The summed E-state index contributed by atoms with van der Waals surface area (Å²) in [5.74, 6) is 2.00. The van der Waals surface area contributed by atoms with Crippen LogP contribution in [0.3, 0.4) is 0 Å². The van der Waals surface area contributed by atoms with Crippen LogP contribution in [0.25, 0.3) is 44.8 Å². The molecule has 6 aromatic rings. The summed E-state index contributed by atoms with van der Waals surface area (Å²) in [5.41, 5.74) is 9.26. The molecule has 2 aromatic heterocycles. The second-order valence-corrected chi connectivity index (χ2v) is 13.5. The van der Waals surface area contributed by atoms with E-state index in [-0.39, 0.29) is 49.6 Å². The number of unbranched alkanes of at least 4 members (excludes halogenated alkanes) is 1. The smallest absolute Gasteiger partial charge is 0.361 e. The van der Waals surface area contributed by atoms with E-state index in [1.807, 2.05) is 97.1 Å². The highest BCUT2D eigenvalue weighted by Gasteiger charge is 2.23. The van der Waals surface area contributed by atoms with Gasteiger partial charge in [0, 0.05) is 24.1 Å². The van der Waals surface area contributed by atoms with Gasteiger partial charge >= 0.3 is 17.9 Å². The van der Waals surface area contributed by atoms with Gasteiger partial charge in [-0.05, 0) is 96.8 Å². The van der Waals surface area contributed by atoms with E-state index in [2.05, 4.69) is 30.8 Å². The Balaban J connectivity index is 0.000000310. The predicted octanol–water partition coefficient (Wildman–Crippen LogP) is 3.09. The van der Waals surface area contributed by atoms with E-state index < -0.39 is 5.97 Å². The maximum Gasteiger partial charge on any atom is 0.361 e. The molecule has 0 spiro atoms. The van der Waals surface area contributed by atoms with Gasteiger partial charge in [-0.25, -0.2) is 4.79 Å². The molecule has 1 amide bonds. The van der Waals surface area contributed by atoms with E-state index in [1.54, 1.807) is 28.4 Å². The topological polar surface area (TPSA) is 236 Å². The molecule has 0 fully saturated rings. The number of carboxylic acids is 1. The first-order valence-electron chi connectivity index (χ1n) is 19.9. The number of nitrogens with one attached hydrogen (secondary N) is 1. The number of aliphatic carboxylic acids is 1. The number of carbonyl (C=O) groups is 4. The van der Waals surface area contributed by atoms with Gasteiger partial charge in [-0.2, -0.15) is 0 Å². The van der Waals surface area contributed by atoms with Gasteiger partial charge in [-0.3, -0.25) is 14.4 Å². The van der Waals surface area contributed by atoms with Crippen molar-refractivity contribution in [2.45, 2.75) is 32.1 Å². The monoisotopic (exact) mass is 916 g/mol. The van der Waals surface area contributed by atoms with E-state index in [4.69, 9.17) is 33.1 Å². The molecule has 0 atom stereocenters. The lowest BCUT2D eigenvalue weighted by Crippen LogP contribution is -3.00. The Bertz CT molecular complexity index is 2390. The first-order valence-corrected chi connectivity index (χ1v) is 19.9. The molecule has 0 radical (unpaired) electrons. The van der Waals surface area contributed by atoms with E-state index in [0.717, 1.165) is 45.1 Å². The summed E-state index contributed by atoms with van der Waals surface area (Å²) >= 11 is 0. The van der Waals surface area contributed by atoms with Crippen LogP contribution in [0.5, 0.6) is 23.0 Å². The number of methoxy groups -OCH3 is 6. The second-order valence-electron chi connectivity index (χ2n) is 13.5. The fraction of sp³-hybridized carbons (Fsp3) is 0.277. The minimum absolute atomic E-state index is 0. The number of carbonyl (C=O) groups excluding carboxylic acids is 3. The van der Waals surface area contributed by atoms with Crippen LogP contribution in [0.4, 0.5) is 0 Å². The van der Waals surface area contributed by atoms with Crippen molar-refractivity contribution in [2.24, 2.45) is 0 Å². The van der Waals surface area contributed by atoms with Gasteiger partial charge in [-0.15, -0.1) is 0 Å². The molecule has 18 heteroatoms. The van der Waals surface area contributed by atoms with Crippen molar-refractivity contribution in [1.82, 2.24) is 15.6 Å². The van der Waals surface area contributed by atoms with Gasteiger partial charge in [0.05, 0.1) is 60.2 Å². The SMILES string of the molecule is COC(=O)CCCCNC(=O)Cc1onc(-c2ccc(OC)cc2)c1-c1ccc(OC)cc1.COC(=O)C[NH3+].COc1ccc(-c2noc(CC(=O)O)c2-c2ccc(OC)cc2)cc1.[Cl-]. The summed E-state index contributed by atoms with van der Waals surface area (Å²) < 4.78 is 40.6. The molecule has 0 bridgehead atoms. The van der Waals surface area contributed by atoms with Crippen molar-refractivity contribution in [2.75, 3.05) is 55.7 Å². The number of quaternary nitrogens is 1. The van der Waals surface area contributed by atoms with Gasteiger partial charge in [0.1, 0.15) is 40.8 Å². The van der Waals surface area contributed by atoms with Gasteiger partial charge in [0.25, 0.3) is 0 Å². The fourth-order valence-corrected chi connectivity index (χ4v) is 6.06. The van der Waals surface area contributed by atoms with Crippen molar-refractivity contribution < 1.29 is 79.9 Å². The van der Waals surface area contributed by atoms with Crippen molar-refractivity contribution >= 4 is 23.8 Å². The highest BCUT2D eigenvalue weighted by atomic mass is 35.5. The van der Waals surface area contributed by atoms with Gasteiger partial charge < -0.3 is 66.0 Å². The largest absolute Gasteiger partial charge is 1.00 e. The van der Waals surface area contributed by atoms with Crippen LogP contribution >= 0.6 is 0 Å². The van der Waals surface area contributed by atoms with E-state index in [0.29, 0.717) is 60.0 Å². The van der Waals surface area contributed by atoms with Crippen molar-refractivity contribution in [3.63, 3.8) is 0 Å². The van der Waals surface area contributed by atoms with Crippen LogP contribution in [0.2, 0.25) is 0 Å². The molecular formula is C47H53ClN4O13. The number of benzene rings is 4. The fourth-order valence-electron chi connectivity index (χ4n) is 6.06. The summed E-state index contributed by atoms with van der Waals surface area (Å²) in [4.78, 5) is 44.8. The van der Waals surface area contributed by atoms with Gasteiger partial charge in [0.15, 0.2) is 18.1 Å². The van der Waals surface area contributed by atoms with Gasteiger partial charge in [-0.1, -0.05) is 34.6 Å². The summed E-state index contributed by atoms with van der Waals surface area (Å²) in [5, 5.41) is 20.4. The van der Waals surface area contributed by atoms with Crippen LogP contribution in [-0.2, 0) is 41.5 Å². The molecule has 65 heavy (non-hydrogen) atoms. The van der Waals surface area contributed by atoms with E-state index in [1.165, 1.54) is 14.2 Å². The van der Waals surface area contributed by atoms with E-state index >= 15 is 0 Å². The average molecular weight is 917 g/mol. The molecule has 346 valence electrons. The van der Waals surface area contributed by atoms with Crippen LogP contribution in [0, 0.1) is 0 Å². The number of halogens is 1. The molecule has 2 heterocycles. The first-order chi connectivity index (χ1) is 31.0. The third-order valence-electron chi connectivity index (χ3n) is 9.43. The first kappa shape index (κ1) is 52.0. The summed E-state index contributed by atoms with van der Waals surface area (Å²) in [6.07, 6.45) is 1.46. The quantitative estimate of drug-likeness (QED) is 0.0830. The minimum atomic E-state index is -0.979. The van der Waals surface area contributed by atoms with Crippen LogP contribution in [0.1, 0.15) is 30.8 Å². The van der Waals surface area contributed by atoms with Crippen LogP contribution < -0.4 is 42.4 Å². The van der Waals surface area contributed by atoms with Crippen molar-refractivity contribution in [3.8, 4) is 67.8 Å². The van der Waals surface area contributed by atoms with E-state index in [9.17, 15) is 19.2 Å². The number of rotatable bonds is 18. The molecule has 0 aliphatic heterocycles. The Morgan fingerprint density at radius 3 is 1.25 bits per heavy atom. The Hall–Kier alpha value is -7.37. The van der Waals surface area contributed by atoms with Crippen LogP contribution in [0.15, 0.2) is 106 Å². The molecular weight excluding hydrogens is 864 g/mol. The molecule has 0 aliphatic carbocycles. The number of nitrogens with zero attached hydrogens (tertiary/aromatic N) is 2. The number of ether oxygens (including phenoxy) is 6. The third-order valence-corrected chi connectivity index (χ3v) is 9.43. The normalized spacial score (nSPS) is 10.1. The molecule has 0 aliphatic rings. The second kappa shape index (κ2) is 27.0. The number of esters is 2. The van der Waals surface area contributed by atoms with Crippen LogP contribution in [-0.4, -0.2) is 95.0 Å². The predicted molar refractivity (Wildman–Crippen MR) is 235 cm³/mol. The van der Waals surface area contributed by atoms with Gasteiger partial charge in [0.2, 0.25) is 5.91 Å². The highest BCUT2D eigenvalue weighted by molar-refractivity contribution is 5.87. The average Bonchev–Trinajstić information content (AvgIpc) is 3.95. The lowest BCUT2D eigenvalue weighted by atomic mass is 9.98. The van der Waals surface area contributed by atoms with Crippen molar-refractivity contribution in [1.29, 1.82) is 0 Å². The minimum Gasteiger partial charge on any atom is -1.00 e. The Morgan fingerprint density at radius 2 is 0.923 bits per heavy atom. The number of hydrogen-bond acceptors (Lipinski definition) is 14. The zero-order chi connectivity index (χ0) is 46.4. The maximum absolute atomic E-state index is 12.6. The van der Waals surface area contributed by atoms with Crippen molar-refractivity contribution in [3.05, 3.63) is 109 Å². The lowest BCUT2D eigenvalue weighted by Gasteiger charge is -2.08. The zero-order valence-electron chi connectivity index (χ0n) is 37.0. The number of amides is 1. The highest BCUT2D eigenvalue weighted by Crippen LogP contribution is 2.38. The zero-order valence-corrected chi connectivity index (χ0v) is 37.8. The maximum atomic E-state index is 12.6. The molecule has 6 rings (SSSR count). The summed E-state index contributed by atoms with van der Waals surface area (Å²) in [6, 6.07) is 29.7. The molecule has 5 N–H and O–H groups in total. The number of carboxylic acid groups (broad SMARTS) is 1. The Morgan fingerprint density at radius 1 is 0.554 bits per heavy atom. The molecule has 0 saturated carbocycles. The summed E-state index contributed by atoms with van der Waals surface area (Å²) in [6.45, 7) is 0.684. The Labute approximate surface area is 382 Å². The number of aromatic nitrogens is 2. The molecule has 0 unspecified atom stereocenters. The summed E-state index contributed by atoms with van der Waals surface area (Å²) in [7, 11) is 9.11. The molecule has 4 aromatic carbocycles. The standard InChI is InChI=1S/C25H28N2O6.C19H17NO5.C3H7NO2.ClH/c1-30-19-11-7-17(8-12-19)24-21(16-22(28)26-15-5-4-6-23(29)32-3)33-27-25(24)18-9-13-20(31-2)14-10-18;1-23-14-7-3-12(4-8-14)18-16(11-17(21)22)25-20-19(18)13-5-9-15(24-2)10-6-13;1-6-3(5)2-4;/h7-14H,4-6,15-16H2,1-3H3,(H,26,28);3-10H,11H2,1-2H3,(H,21,22);2,4H2,1H3;1H. The third kappa shape index (κ3) is 15.4. The number of hydrogen-bond donors (Lipinski definition) is 3. The molecule has 0 saturated heterocycles. The Kier molecular flexibility index (Phi) is 21.6.